The minimum absolute atomic E-state index is 0.604. The number of aryl methyl sites for hydroxylation is 1. The van der Waals surface area contributed by atoms with Crippen LogP contribution < -0.4 is 10.6 Å². The molecule has 2 rings (SSSR count). The zero-order valence-corrected chi connectivity index (χ0v) is 10.3. The van der Waals surface area contributed by atoms with Crippen LogP contribution in [0.3, 0.4) is 0 Å². The Morgan fingerprint density at radius 3 is 2.38 bits per heavy atom. The topological polar surface area (TPSA) is 57.9 Å². The summed E-state index contributed by atoms with van der Waals surface area (Å²) in [5, 5.41) is 0. The van der Waals surface area contributed by atoms with Gasteiger partial charge < -0.3 is 15.6 Å². The molecule has 1 aliphatic rings. The van der Waals surface area contributed by atoms with Crippen molar-refractivity contribution >= 4 is 11.6 Å². The number of nitrogen functional groups attached to an aromatic ring is 1. The summed E-state index contributed by atoms with van der Waals surface area (Å²) < 4.78 is 0. The average molecular weight is 222 g/mol. The Labute approximate surface area is 97.2 Å². The summed E-state index contributed by atoms with van der Waals surface area (Å²) in [5.74, 6) is 2.52. The van der Waals surface area contributed by atoms with Crippen LogP contribution in [0.1, 0.15) is 44.3 Å². The lowest BCUT2D eigenvalue weighted by Crippen LogP contribution is -2.31. The first-order valence-electron chi connectivity index (χ1n) is 6.23. The quantitative estimate of drug-likeness (QED) is 0.756. The van der Waals surface area contributed by atoms with Crippen LogP contribution in [0.15, 0.2) is 0 Å². The molecule has 3 N–H and O–H groups in total. The fourth-order valence-electron chi connectivity index (χ4n) is 2.58. The Kier molecular flexibility index (Phi) is 3.36. The number of hydrogen-bond acceptors (Lipinski definition) is 3. The molecule has 0 spiro atoms. The standard InChI is InChI=1S/C12H22N4/c1-9-14-11(13)12(15-9)16(2)10-7-5-3-4-6-8-10/h10H,3-8,13H2,1-2H3,(H,14,15). The molecule has 1 aromatic heterocycles. The van der Waals surface area contributed by atoms with Gasteiger partial charge in [0, 0.05) is 13.1 Å². The third-order valence-electron chi connectivity index (χ3n) is 3.54. The number of aromatic amines is 1. The molecule has 16 heavy (non-hydrogen) atoms. The van der Waals surface area contributed by atoms with Gasteiger partial charge in [0.25, 0.3) is 0 Å². The molecule has 0 aliphatic heterocycles. The van der Waals surface area contributed by atoms with E-state index in [1.54, 1.807) is 0 Å². The number of anilines is 2. The van der Waals surface area contributed by atoms with E-state index in [0.29, 0.717) is 11.9 Å². The zero-order chi connectivity index (χ0) is 11.5. The van der Waals surface area contributed by atoms with Crippen molar-refractivity contribution in [2.75, 3.05) is 17.7 Å². The number of nitrogens with two attached hydrogens (primary N) is 1. The molecular formula is C12H22N4. The van der Waals surface area contributed by atoms with Crippen LogP contribution in [0.25, 0.3) is 0 Å². The molecule has 0 aromatic carbocycles. The maximum atomic E-state index is 5.93. The molecule has 0 amide bonds. The molecule has 1 aromatic rings. The predicted molar refractivity (Wildman–Crippen MR) is 67.6 cm³/mol. The number of aromatic nitrogens is 2. The second-order valence-electron chi connectivity index (χ2n) is 4.82. The molecule has 0 unspecified atom stereocenters. The highest BCUT2D eigenvalue weighted by atomic mass is 15.2. The predicted octanol–water partition coefficient (Wildman–Crippen LogP) is 2.46. The number of nitrogens with zero attached hydrogens (tertiary/aromatic N) is 2. The van der Waals surface area contributed by atoms with Gasteiger partial charge >= 0.3 is 0 Å². The van der Waals surface area contributed by atoms with Crippen molar-refractivity contribution in [3.05, 3.63) is 5.82 Å². The first-order chi connectivity index (χ1) is 7.68. The number of rotatable bonds is 2. The SMILES string of the molecule is Cc1nc(N(C)C2CCCCCC2)c(N)[nH]1. The zero-order valence-electron chi connectivity index (χ0n) is 10.3. The largest absolute Gasteiger partial charge is 0.382 e. The van der Waals surface area contributed by atoms with Gasteiger partial charge in [0.2, 0.25) is 0 Å². The van der Waals surface area contributed by atoms with Gasteiger partial charge in [-0.05, 0) is 19.8 Å². The summed E-state index contributed by atoms with van der Waals surface area (Å²) in [4.78, 5) is 9.78. The van der Waals surface area contributed by atoms with Gasteiger partial charge in [-0.2, -0.15) is 0 Å². The van der Waals surface area contributed by atoms with Crippen LogP contribution in [-0.2, 0) is 0 Å². The monoisotopic (exact) mass is 222 g/mol. The summed E-state index contributed by atoms with van der Waals surface area (Å²) in [6, 6.07) is 0.604. The minimum atomic E-state index is 0.604. The molecule has 1 fully saturated rings. The molecule has 1 aliphatic carbocycles. The number of H-pyrrole nitrogens is 1. The van der Waals surface area contributed by atoms with Crippen LogP contribution in [0.2, 0.25) is 0 Å². The number of hydrogen-bond donors (Lipinski definition) is 2. The first kappa shape index (κ1) is 11.3. The van der Waals surface area contributed by atoms with E-state index in [-0.39, 0.29) is 0 Å². The van der Waals surface area contributed by atoms with Crippen LogP contribution in [0.5, 0.6) is 0 Å². The molecule has 0 bridgehead atoms. The van der Waals surface area contributed by atoms with Crippen molar-refractivity contribution in [3.8, 4) is 0 Å². The maximum Gasteiger partial charge on any atom is 0.171 e. The lowest BCUT2D eigenvalue weighted by molar-refractivity contribution is 0.550. The van der Waals surface area contributed by atoms with Crippen LogP contribution in [-0.4, -0.2) is 23.1 Å². The molecule has 4 heteroatoms. The molecule has 90 valence electrons. The first-order valence-corrected chi connectivity index (χ1v) is 6.23. The Morgan fingerprint density at radius 1 is 1.25 bits per heavy atom. The molecular weight excluding hydrogens is 200 g/mol. The van der Waals surface area contributed by atoms with Crippen molar-refractivity contribution in [3.63, 3.8) is 0 Å². The van der Waals surface area contributed by atoms with E-state index in [1.807, 2.05) is 6.92 Å². The number of imidazole rings is 1. The van der Waals surface area contributed by atoms with Crippen molar-refractivity contribution in [2.24, 2.45) is 0 Å². The number of nitrogens with one attached hydrogen (secondary N) is 1. The second-order valence-corrected chi connectivity index (χ2v) is 4.82. The van der Waals surface area contributed by atoms with Gasteiger partial charge in [0.1, 0.15) is 11.6 Å². The van der Waals surface area contributed by atoms with E-state index < -0.39 is 0 Å². The molecule has 1 heterocycles. The Hall–Kier alpha value is -1.19. The van der Waals surface area contributed by atoms with Crippen LogP contribution in [0.4, 0.5) is 11.6 Å². The molecule has 0 atom stereocenters. The van der Waals surface area contributed by atoms with Crippen LogP contribution >= 0.6 is 0 Å². The van der Waals surface area contributed by atoms with Gasteiger partial charge in [0.15, 0.2) is 5.82 Å². The van der Waals surface area contributed by atoms with Gasteiger partial charge in [-0.1, -0.05) is 25.7 Å². The van der Waals surface area contributed by atoms with E-state index in [0.717, 1.165) is 11.6 Å². The van der Waals surface area contributed by atoms with E-state index >= 15 is 0 Å². The van der Waals surface area contributed by atoms with Gasteiger partial charge in [0.05, 0.1) is 0 Å². The average Bonchev–Trinajstić information content (AvgIpc) is 2.49. The highest BCUT2D eigenvalue weighted by Gasteiger charge is 2.20. The third kappa shape index (κ3) is 2.31. The summed E-state index contributed by atoms with van der Waals surface area (Å²) in [7, 11) is 2.11. The van der Waals surface area contributed by atoms with Crippen molar-refractivity contribution in [1.29, 1.82) is 0 Å². The molecule has 0 saturated heterocycles. The summed E-state index contributed by atoms with van der Waals surface area (Å²) in [6.45, 7) is 1.95. The highest BCUT2D eigenvalue weighted by Crippen LogP contribution is 2.27. The molecule has 1 saturated carbocycles. The second kappa shape index (κ2) is 4.76. The summed E-state index contributed by atoms with van der Waals surface area (Å²) in [6.07, 6.45) is 7.94. The lowest BCUT2D eigenvalue weighted by Gasteiger charge is -2.27. The van der Waals surface area contributed by atoms with Crippen molar-refractivity contribution in [1.82, 2.24) is 9.97 Å². The smallest absolute Gasteiger partial charge is 0.171 e. The molecule has 4 nitrogen and oxygen atoms in total. The van der Waals surface area contributed by atoms with E-state index in [1.165, 1.54) is 38.5 Å². The Bertz CT molecular complexity index is 337. The van der Waals surface area contributed by atoms with E-state index in [9.17, 15) is 0 Å². The summed E-state index contributed by atoms with van der Waals surface area (Å²) >= 11 is 0. The van der Waals surface area contributed by atoms with Gasteiger partial charge in [-0.3, -0.25) is 0 Å². The molecule has 0 radical (unpaired) electrons. The minimum Gasteiger partial charge on any atom is -0.382 e. The van der Waals surface area contributed by atoms with E-state index in [2.05, 4.69) is 21.9 Å². The van der Waals surface area contributed by atoms with Crippen LogP contribution in [0, 0.1) is 6.92 Å². The third-order valence-corrected chi connectivity index (χ3v) is 3.54. The van der Waals surface area contributed by atoms with Crippen molar-refractivity contribution in [2.45, 2.75) is 51.5 Å². The maximum absolute atomic E-state index is 5.93. The van der Waals surface area contributed by atoms with E-state index in [4.69, 9.17) is 5.73 Å². The fourth-order valence-corrected chi connectivity index (χ4v) is 2.58. The Morgan fingerprint density at radius 2 is 1.88 bits per heavy atom. The Balaban J connectivity index is 2.10. The van der Waals surface area contributed by atoms with Gasteiger partial charge in [-0.15, -0.1) is 0 Å². The normalized spacial score (nSPS) is 18.4. The lowest BCUT2D eigenvalue weighted by atomic mass is 10.1. The van der Waals surface area contributed by atoms with Crippen molar-refractivity contribution < 1.29 is 0 Å². The fraction of sp³-hybridized carbons (Fsp3) is 0.750. The summed E-state index contributed by atoms with van der Waals surface area (Å²) in [5.41, 5.74) is 5.93. The highest BCUT2D eigenvalue weighted by molar-refractivity contribution is 5.59. The van der Waals surface area contributed by atoms with Gasteiger partial charge in [-0.25, -0.2) is 4.98 Å².